The number of amides is 1. The number of hydrogen-bond acceptors (Lipinski definition) is 7. The number of benzene rings is 2. The molecule has 0 aliphatic carbocycles. The van der Waals surface area contributed by atoms with E-state index in [1.165, 1.54) is 48.1 Å². The molecule has 0 N–H and O–H groups in total. The number of esters is 1. The SMILES string of the molecule is COC(=O)Cn1c(=NC(=O)c2cc3cc([N+](=O)[O-])ccc3s2)sc2cc(F)ccc21. The number of nitro groups is 1. The Morgan fingerprint density at radius 2 is 1.97 bits per heavy atom. The number of nitrogens with zero attached hydrogens (tertiary/aromatic N) is 3. The molecule has 0 spiro atoms. The van der Waals surface area contributed by atoms with Gasteiger partial charge in [-0.15, -0.1) is 11.3 Å². The molecule has 0 aliphatic heterocycles. The van der Waals surface area contributed by atoms with E-state index in [1.54, 1.807) is 6.07 Å². The van der Waals surface area contributed by atoms with Crippen LogP contribution in [0.5, 0.6) is 0 Å². The topological polar surface area (TPSA) is 104 Å². The van der Waals surface area contributed by atoms with Crippen molar-refractivity contribution < 1.29 is 23.6 Å². The van der Waals surface area contributed by atoms with Crippen LogP contribution in [-0.2, 0) is 16.1 Å². The number of ether oxygens (including phenoxy) is 1. The minimum atomic E-state index is -0.565. The third-order valence-electron chi connectivity index (χ3n) is 4.28. The molecule has 0 saturated carbocycles. The van der Waals surface area contributed by atoms with E-state index in [2.05, 4.69) is 4.99 Å². The van der Waals surface area contributed by atoms with Gasteiger partial charge >= 0.3 is 5.97 Å². The third-order valence-corrected chi connectivity index (χ3v) is 6.42. The molecule has 152 valence electrons. The van der Waals surface area contributed by atoms with Gasteiger partial charge in [0.1, 0.15) is 12.4 Å². The van der Waals surface area contributed by atoms with Gasteiger partial charge < -0.3 is 9.30 Å². The largest absolute Gasteiger partial charge is 0.468 e. The summed E-state index contributed by atoms with van der Waals surface area (Å²) in [6, 6.07) is 9.94. The van der Waals surface area contributed by atoms with Gasteiger partial charge in [0, 0.05) is 22.2 Å². The molecular weight excluding hydrogens is 433 g/mol. The number of halogens is 1. The van der Waals surface area contributed by atoms with Crippen molar-refractivity contribution in [2.24, 2.45) is 4.99 Å². The maximum Gasteiger partial charge on any atom is 0.325 e. The summed E-state index contributed by atoms with van der Waals surface area (Å²) in [7, 11) is 1.25. The van der Waals surface area contributed by atoms with Crippen LogP contribution in [0.2, 0.25) is 0 Å². The molecule has 2 aromatic carbocycles. The second-order valence-corrected chi connectivity index (χ2v) is 8.26. The van der Waals surface area contributed by atoms with E-state index in [-0.39, 0.29) is 17.0 Å². The molecule has 0 atom stereocenters. The fourth-order valence-corrected chi connectivity index (χ4v) is 4.85. The van der Waals surface area contributed by atoms with Crippen LogP contribution in [0.1, 0.15) is 9.67 Å². The number of non-ortho nitro benzene ring substituents is 1. The number of nitro benzene ring substituents is 1. The quantitative estimate of drug-likeness (QED) is 0.269. The third kappa shape index (κ3) is 3.72. The van der Waals surface area contributed by atoms with Gasteiger partial charge in [0.05, 0.1) is 27.1 Å². The van der Waals surface area contributed by atoms with Crippen molar-refractivity contribution in [3.8, 4) is 0 Å². The zero-order chi connectivity index (χ0) is 21.4. The number of fused-ring (bicyclic) bond motifs is 2. The number of thiazole rings is 1. The molecule has 0 radical (unpaired) electrons. The summed E-state index contributed by atoms with van der Waals surface area (Å²) < 4.78 is 21.0. The molecule has 4 aromatic rings. The molecule has 0 aliphatic rings. The first kappa shape index (κ1) is 19.9. The molecule has 11 heteroatoms. The number of hydrogen-bond donors (Lipinski definition) is 0. The second kappa shape index (κ2) is 7.76. The molecule has 0 bridgehead atoms. The van der Waals surface area contributed by atoms with Crippen molar-refractivity contribution in [2.75, 3.05) is 7.11 Å². The van der Waals surface area contributed by atoms with Crippen molar-refractivity contribution in [1.29, 1.82) is 0 Å². The van der Waals surface area contributed by atoms with E-state index in [4.69, 9.17) is 4.74 Å². The molecule has 2 heterocycles. The van der Waals surface area contributed by atoms with E-state index in [0.717, 1.165) is 22.7 Å². The summed E-state index contributed by atoms with van der Waals surface area (Å²) in [6.45, 7) is -0.188. The lowest BCUT2D eigenvalue weighted by molar-refractivity contribution is -0.384. The normalized spacial score (nSPS) is 11.9. The van der Waals surface area contributed by atoms with Gasteiger partial charge in [-0.2, -0.15) is 4.99 Å². The Labute approximate surface area is 175 Å². The molecule has 0 fully saturated rings. The average Bonchev–Trinajstić information content (AvgIpc) is 3.28. The van der Waals surface area contributed by atoms with Crippen LogP contribution in [0.3, 0.4) is 0 Å². The van der Waals surface area contributed by atoms with Crippen molar-refractivity contribution in [3.05, 3.63) is 68.1 Å². The number of thiophene rings is 1. The number of rotatable bonds is 4. The highest BCUT2D eigenvalue weighted by molar-refractivity contribution is 7.21. The number of aromatic nitrogens is 1. The highest BCUT2D eigenvalue weighted by Gasteiger charge is 2.16. The lowest BCUT2D eigenvalue weighted by atomic mass is 10.2. The van der Waals surface area contributed by atoms with Crippen LogP contribution in [0.25, 0.3) is 20.3 Å². The molecule has 0 saturated heterocycles. The summed E-state index contributed by atoms with van der Waals surface area (Å²) in [5.74, 6) is -1.55. The van der Waals surface area contributed by atoms with E-state index >= 15 is 0 Å². The van der Waals surface area contributed by atoms with E-state index in [9.17, 15) is 24.1 Å². The Kier molecular flexibility index (Phi) is 5.14. The fourth-order valence-electron chi connectivity index (χ4n) is 2.87. The standard InChI is InChI=1S/C19H12FN3O5S2/c1-28-17(24)9-22-13-4-2-11(20)8-15(13)30-19(22)21-18(25)16-7-10-6-12(23(26)27)3-5-14(10)29-16/h2-8H,9H2,1H3. The van der Waals surface area contributed by atoms with E-state index in [0.29, 0.717) is 25.2 Å². The van der Waals surface area contributed by atoms with Crippen LogP contribution < -0.4 is 4.80 Å². The molecular formula is C19H12FN3O5S2. The number of methoxy groups -OCH3 is 1. The maximum absolute atomic E-state index is 13.6. The smallest absolute Gasteiger partial charge is 0.325 e. The first-order valence-electron chi connectivity index (χ1n) is 8.48. The summed E-state index contributed by atoms with van der Waals surface area (Å²) in [5, 5.41) is 11.5. The minimum absolute atomic E-state index is 0.0707. The zero-order valence-corrected chi connectivity index (χ0v) is 17.0. The maximum atomic E-state index is 13.6. The molecule has 0 unspecified atom stereocenters. The van der Waals surface area contributed by atoms with Gasteiger partial charge in [0.15, 0.2) is 4.80 Å². The summed E-state index contributed by atoms with van der Waals surface area (Å²) in [4.78, 5) is 39.6. The molecule has 4 rings (SSSR count). The molecule has 2 aromatic heterocycles. The van der Waals surface area contributed by atoms with E-state index < -0.39 is 22.6 Å². The average molecular weight is 445 g/mol. The van der Waals surface area contributed by atoms with Crippen molar-refractivity contribution >= 4 is 60.5 Å². The van der Waals surface area contributed by atoms with Crippen LogP contribution in [0.4, 0.5) is 10.1 Å². The first-order valence-corrected chi connectivity index (χ1v) is 10.1. The van der Waals surface area contributed by atoms with Gasteiger partial charge in [0.2, 0.25) is 0 Å². The molecule has 8 nitrogen and oxygen atoms in total. The second-order valence-electron chi connectivity index (χ2n) is 6.17. The van der Waals surface area contributed by atoms with Gasteiger partial charge in [-0.05, 0) is 30.3 Å². The Morgan fingerprint density at radius 3 is 2.70 bits per heavy atom. The van der Waals surface area contributed by atoms with Crippen LogP contribution in [-0.4, -0.2) is 28.5 Å². The van der Waals surface area contributed by atoms with Gasteiger partial charge in [0.25, 0.3) is 11.6 Å². The zero-order valence-electron chi connectivity index (χ0n) is 15.3. The van der Waals surface area contributed by atoms with Crippen LogP contribution >= 0.6 is 22.7 Å². The molecule has 1 amide bonds. The molecule has 30 heavy (non-hydrogen) atoms. The van der Waals surface area contributed by atoms with E-state index in [1.807, 2.05) is 0 Å². The lowest BCUT2D eigenvalue weighted by Crippen LogP contribution is -2.22. The highest BCUT2D eigenvalue weighted by atomic mass is 32.1. The van der Waals surface area contributed by atoms with Crippen molar-refractivity contribution in [3.63, 3.8) is 0 Å². The fraction of sp³-hybridized carbons (Fsp3) is 0.105. The Bertz CT molecular complexity index is 1400. The lowest BCUT2D eigenvalue weighted by Gasteiger charge is -2.03. The Morgan fingerprint density at radius 1 is 1.17 bits per heavy atom. The Balaban J connectivity index is 1.81. The highest BCUT2D eigenvalue weighted by Crippen LogP contribution is 2.29. The van der Waals surface area contributed by atoms with Gasteiger partial charge in [-0.25, -0.2) is 4.39 Å². The Hall–Kier alpha value is -3.44. The number of carbonyl (C=O) groups is 2. The minimum Gasteiger partial charge on any atom is -0.468 e. The van der Waals surface area contributed by atoms with Crippen LogP contribution in [0.15, 0.2) is 47.5 Å². The summed E-state index contributed by atoms with van der Waals surface area (Å²) in [5.41, 5.74) is 0.476. The summed E-state index contributed by atoms with van der Waals surface area (Å²) >= 11 is 2.23. The van der Waals surface area contributed by atoms with Crippen molar-refractivity contribution in [1.82, 2.24) is 4.57 Å². The van der Waals surface area contributed by atoms with Crippen LogP contribution in [0, 0.1) is 15.9 Å². The van der Waals surface area contributed by atoms with Crippen molar-refractivity contribution in [2.45, 2.75) is 6.54 Å². The first-order chi connectivity index (χ1) is 14.4. The van der Waals surface area contributed by atoms with Gasteiger partial charge in [-0.3, -0.25) is 19.7 Å². The summed E-state index contributed by atoms with van der Waals surface area (Å²) in [6.07, 6.45) is 0. The predicted molar refractivity (Wildman–Crippen MR) is 110 cm³/mol. The monoisotopic (exact) mass is 445 g/mol. The predicted octanol–water partition coefficient (Wildman–Crippen LogP) is 3.88. The van der Waals surface area contributed by atoms with Gasteiger partial charge in [-0.1, -0.05) is 11.3 Å². The number of carbonyl (C=O) groups excluding carboxylic acids is 2.